The minimum Gasteiger partial charge on any atom is -0.374 e. The molecular formula is C13H20N4O. The Kier molecular flexibility index (Phi) is 3.43. The van der Waals surface area contributed by atoms with E-state index in [-0.39, 0.29) is 0 Å². The molecule has 1 saturated carbocycles. The highest BCUT2D eigenvalue weighted by Gasteiger charge is 2.37. The second-order valence-corrected chi connectivity index (χ2v) is 5.03. The molecule has 0 radical (unpaired) electrons. The van der Waals surface area contributed by atoms with Crippen molar-refractivity contribution in [2.75, 3.05) is 24.6 Å². The zero-order valence-electron chi connectivity index (χ0n) is 10.6. The van der Waals surface area contributed by atoms with Crippen molar-refractivity contribution in [3.63, 3.8) is 0 Å². The summed E-state index contributed by atoms with van der Waals surface area (Å²) in [5, 5.41) is 0. The van der Waals surface area contributed by atoms with E-state index in [1.54, 1.807) is 0 Å². The fourth-order valence-corrected chi connectivity index (χ4v) is 2.97. The molecular weight excluding hydrogens is 228 g/mol. The number of hydrogen-bond acceptors (Lipinski definition) is 5. The number of nitrogens with zero attached hydrogens (tertiary/aromatic N) is 3. The second-order valence-electron chi connectivity index (χ2n) is 5.03. The monoisotopic (exact) mass is 248 g/mol. The maximum absolute atomic E-state index is 5.80. The lowest BCUT2D eigenvalue weighted by molar-refractivity contribution is 0.0250. The Morgan fingerprint density at radius 3 is 2.94 bits per heavy atom. The van der Waals surface area contributed by atoms with Crippen LogP contribution in [0.2, 0.25) is 0 Å². The van der Waals surface area contributed by atoms with E-state index in [9.17, 15) is 0 Å². The third kappa shape index (κ3) is 2.20. The number of anilines is 1. The van der Waals surface area contributed by atoms with Crippen molar-refractivity contribution >= 4 is 5.95 Å². The molecule has 2 aliphatic rings. The summed E-state index contributed by atoms with van der Waals surface area (Å²) in [4.78, 5) is 11.3. The summed E-state index contributed by atoms with van der Waals surface area (Å²) in [5.41, 5.74) is 6.64. The molecule has 0 spiro atoms. The molecule has 3 rings (SSSR count). The highest BCUT2D eigenvalue weighted by atomic mass is 16.5. The highest BCUT2D eigenvalue weighted by Crippen LogP contribution is 2.31. The van der Waals surface area contributed by atoms with Crippen molar-refractivity contribution in [2.45, 2.75) is 37.8 Å². The number of morpholine rings is 1. The molecule has 1 aliphatic heterocycles. The van der Waals surface area contributed by atoms with Gasteiger partial charge in [-0.1, -0.05) is 0 Å². The van der Waals surface area contributed by atoms with Gasteiger partial charge in [0.1, 0.15) is 0 Å². The van der Waals surface area contributed by atoms with Crippen LogP contribution in [0, 0.1) is 0 Å². The van der Waals surface area contributed by atoms with Crippen LogP contribution in [0.3, 0.4) is 0 Å². The average Bonchev–Trinajstić information content (AvgIpc) is 2.88. The average molecular weight is 248 g/mol. The van der Waals surface area contributed by atoms with Crippen molar-refractivity contribution in [3.05, 3.63) is 18.0 Å². The standard InChI is InChI=1S/C13H20N4O/c14-5-4-10-8-15-13(16-9-10)17-6-7-18-12-3-1-2-11(12)17/h8-9,11-12H,1-7,14H2. The van der Waals surface area contributed by atoms with Gasteiger partial charge in [0.2, 0.25) is 5.95 Å². The van der Waals surface area contributed by atoms with Crippen molar-refractivity contribution in [1.29, 1.82) is 0 Å². The van der Waals surface area contributed by atoms with Crippen LogP contribution in [0.1, 0.15) is 24.8 Å². The van der Waals surface area contributed by atoms with Gasteiger partial charge >= 0.3 is 0 Å². The summed E-state index contributed by atoms with van der Waals surface area (Å²) >= 11 is 0. The predicted molar refractivity (Wildman–Crippen MR) is 69.5 cm³/mol. The molecule has 1 aliphatic carbocycles. The summed E-state index contributed by atoms with van der Waals surface area (Å²) in [6.07, 6.45) is 8.63. The number of ether oxygens (including phenoxy) is 1. The van der Waals surface area contributed by atoms with Gasteiger partial charge in [0.05, 0.1) is 18.8 Å². The Morgan fingerprint density at radius 2 is 2.17 bits per heavy atom. The van der Waals surface area contributed by atoms with Crippen molar-refractivity contribution < 1.29 is 4.74 Å². The van der Waals surface area contributed by atoms with Gasteiger partial charge in [0.25, 0.3) is 0 Å². The molecule has 2 heterocycles. The first-order valence-electron chi connectivity index (χ1n) is 6.78. The Morgan fingerprint density at radius 1 is 1.33 bits per heavy atom. The normalized spacial score (nSPS) is 27.3. The Balaban J connectivity index is 1.76. The number of fused-ring (bicyclic) bond motifs is 1. The Labute approximate surface area is 107 Å². The molecule has 18 heavy (non-hydrogen) atoms. The van der Waals surface area contributed by atoms with Gasteiger partial charge in [-0.15, -0.1) is 0 Å². The smallest absolute Gasteiger partial charge is 0.225 e. The topological polar surface area (TPSA) is 64.3 Å². The van der Waals surface area contributed by atoms with Crippen LogP contribution < -0.4 is 10.6 Å². The van der Waals surface area contributed by atoms with E-state index in [1.165, 1.54) is 19.3 Å². The predicted octanol–water partition coefficient (Wildman–Crippen LogP) is 0.735. The number of aromatic nitrogens is 2. The van der Waals surface area contributed by atoms with Crippen molar-refractivity contribution in [3.8, 4) is 0 Å². The Hall–Kier alpha value is -1.20. The van der Waals surface area contributed by atoms with Gasteiger partial charge in [-0.2, -0.15) is 0 Å². The van der Waals surface area contributed by atoms with Gasteiger partial charge < -0.3 is 15.4 Å². The van der Waals surface area contributed by atoms with E-state index in [1.807, 2.05) is 12.4 Å². The van der Waals surface area contributed by atoms with E-state index >= 15 is 0 Å². The van der Waals surface area contributed by atoms with Gasteiger partial charge in [0, 0.05) is 18.9 Å². The van der Waals surface area contributed by atoms with Crippen LogP contribution in [-0.2, 0) is 11.2 Å². The first-order chi connectivity index (χ1) is 8.88. The maximum Gasteiger partial charge on any atom is 0.225 e. The van der Waals surface area contributed by atoms with Crippen LogP contribution >= 0.6 is 0 Å². The van der Waals surface area contributed by atoms with E-state index in [2.05, 4.69) is 14.9 Å². The number of nitrogens with two attached hydrogens (primary N) is 1. The van der Waals surface area contributed by atoms with E-state index in [0.717, 1.165) is 31.1 Å². The molecule has 2 N–H and O–H groups in total. The quantitative estimate of drug-likeness (QED) is 0.854. The number of hydrogen-bond donors (Lipinski definition) is 1. The summed E-state index contributed by atoms with van der Waals surface area (Å²) < 4.78 is 5.80. The molecule has 5 nitrogen and oxygen atoms in total. The first-order valence-corrected chi connectivity index (χ1v) is 6.78. The Bertz CT molecular complexity index is 394. The minimum absolute atomic E-state index is 0.381. The van der Waals surface area contributed by atoms with Gasteiger partial charge in [-0.05, 0) is 37.8 Å². The molecule has 1 aromatic rings. The van der Waals surface area contributed by atoms with E-state index in [4.69, 9.17) is 10.5 Å². The molecule has 1 saturated heterocycles. The van der Waals surface area contributed by atoms with Crippen LogP contribution in [0.15, 0.2) is 12.4 Å². The molecule has 5 heteroatoms. The molecule has 2 unspecified atom stereocenters. The fraction of sp³-hybridized carbons (Fsp3) is 0.692. The summed E-state index contributed by atoms with van der Waals surface area (Å²) in [6, 6.07) is 0.471. The van der Waals surface area contributed by atoms with Crippen LogP contribution in [0.5, 0.6) is 0 Å². The summed E-state index contributed by atoms with van der Waals surface area (Å²) in [6.45, 7) is 2.33. The fourth-order valence-electron chi connectivity index (χ4n) is 2.97. The van der Waals surface area contributed by atoms with E-state index in [0.29, 0.717) is 18.7 Å². The van der Waals surface area contributed by atoms with E-state index < -0.39 is 0 Å². The number of rotatable bonds is 3. The molecule has 2 atom stereocenters. The molecule has 0 amide bonds. The lowest BCUT2D eigenvalue weighted by Gasteiger charge is -2.37. The maximum atomic E-state index is 5.80. The zero-order chi connectivity index (χ0) is 12.4. The largest absolute Gasteiger partial charge is 0.374 e. The summed E-state index contributed by atoms with van der Waals surface area (Å²) in [7, 11) is 0. The van der Waals surface area contributed by atoms with Crippen LogP contribution in [-0.4, -0.2) is 41.8 Å². The summed E-state index contributed by atoms with van der Waals surface area (Å²) in [5.74, 6) is 0.843. The van der Waals surface area contributed by atoms with Gasteiger partial charge in [0.15, 0.2) is 0 Å². The van der Waals surface area contributed by atoms with Gasteiger partial charge in [-0.25, -0.2) is 9.97 Å². The third-order valence-corrected chi connectivity index (χ3v) is 3.86. The van der Waals surface area contributed by atoms with Crippen LogP contribution in [0.25, 0.3) is 0 Å². The zero-order valence-corrected chi connectivity index (χ0v) is 10.6. The van der Waals surface area contributed by atoms with Crippen molar-refractivity contribution in [2.24, 2.45) is 5.73 Å². The molecule has 0 aromatic carbocycles. The minimum atomic E-state index is 0.381. The molecule has 98 valence electrons. The lowest BCUT2D eigenvalue weighted by atomic mass is 10.1. The second kappa shape index (κ2) is 5.20. The van der Waals surface area contributed by atoms with Crippen LogP contribution in [0.4, 0.5) is 5.95 Å². The lowest BCUT2D eigenvalue weighted by Crippen LogP contribution is -2.49. The molecule has 0 bridgehead atoms. The van der Waals surface area contributed by atoms with Crippen molar-refractivity contribution in [1.82, 2.24) is 9.97 Å². The molecule has 2 fully saturated rings. The first kappa shape index (κ1) is 11.9. The molecule has 1 aromatic heterocycles. The highest BCUT2D eigenvalue weighted by molar-refractivity contribution is 5.34. The SMILES string of the molecule is NCCc1cnc(N2CCOC3CCCC32)nc1. The third-order valence-electron chi connectivity index (χ3n) is 3.86. The van der Waals surface area contributed by atoms with Gasteiger partial charge in [-0.3, -0.25) is 0 Å².